The van der Waals surface area contributed by atoms with Crippen molar-refractivity contribution in [3.63, 3.8) is 0 Å². The zero-order valence-electron chi connectivity index (χ0n) is 49.9. The third kappa shape index (κ3) is 16.1. The molecule has 3 N–H and O–H groups in total. The normalized spacial score (nSPS) is 11.1. The molecule has 0 bridgehead atoms. The van der Waals surface area contributed by atoms with E-state index in [-0.39, 0.29) is 24.1 Å². The van der Waals surface area contributed by atoms with Crippen LogP contribution in [-0.4, -0.2) is 141 Å². The minimum absolute atomic E-state index is 0.0944. The molecule has 9 rings (SSSR count). The summed E-state index contributed by atoms with van der Waals surface area (Å²) >= 11 is 6.23. The summed E-state index contributed by atoms with van der Waals surface area (Å²) in [5, 5.41) is 9.96. The van der Waals surface area contributed by atoms with E-state index in [1.54, 1.807) is 4.90 Å². The maximum absolute atomic E-state index is 13.1. The average Bonchev–Trinajstić information content (AvgIpc) is 4.05. The number of halogens is 1. The fourth-order valence-electron chi connectivity index (χ4n) is 9.75. The number of amides is 3. The Morgan fingerprint density at radius 3 is 1.10 bits per heavy atom. The van der Waals surface area contributed by atoms with Gasteiger partial charge in [0.25, 0.3) is 0 Å². The first-order valence-corrected chi connectivity index (χ1v) is 29.0. The lowest BCUT2D eigenvalue weighted by atomic mass is 10.1. The van der Waals surface area contributed by atoms with Gasteiger partial charge in [-0.25, -0.2) is 15.0 Å². The first kappa shape index (κ1) is 61.9. The zero-order valence-corrected chi connectivity index (χ0v) is 50.7. The van der Waals surface area contributed by atoms with Crippen molar-refractivity contribution in [1.82, 2.24) is 58.8 Å². The number of benzene rings is 3. The quantitative estimate of drug-likeness (QED) is 0.0603. The van der Waals surface area contributed by atoms with E-state index >= 15 is 0 Å². The molecule has 3 amide bonds. The molecule has 0 saturated heterocycles. The number of hydrogen-bond acceptors (Lipinski definition) is 9. The molecule has 0 atom stereocenters. The van der Waals surface area contributed by atoms with E-state index in [0.29, 0.717) is 31.0 Å². The largest absolute Gasteiger partial charge is 0.344 e. The van der Waals surface area contributed by atoms with E-state index in [1.165, 1.54) is 16.7 Å². The third-order valence-electron chi connectivity index (χ3n) is 14.4. The second kappa shape index (κ2) is 29.9. The molecular formula is C66H83ClN12O3. The van der Waals surface area contributed by atoms with Crippen LogP contribution in [0.3, 0.4) is 0 Å². The molecule has 3 aromatic carbocycles. The van der Waals surface area contributed by atoms with E-state index in [9.17, 15) is 14.4 Å². The van der Waals surface area contributed by atoms with Gasteiger partial charge in [0.2, 0.25) is 17.7 Å². The molecular weight excluding hydrogens is 1040 g/mol. The molecule has 0 aliphatic carbocycles. The second-order valence-electron chi connectivity index (χ2n) is 21.2. The van der Waals surface area contributed by atoms with Crippen molar-refractivity contribution in [2.45, 2.75) is 80.6 Å². The highest BCUT2D eigenvalue weighted by Crippen LogP contribution is 2.30. The van der Waals surface area contributed by atoms with Crippen LogP contribution >= 0.6 is 11.6 Å². The third-order valence-corrected chi connectivity index (χ3v) is 14.6. The summed E-state index contributed by atoms with van der Waals surface area (Å²) in [6.07, 6.45) is 8.80. The summed E-state index contributed by atoms with van der Waals surface area (Å²) in [5.74, 6) is 0.345. The summed E-state index contributed by atoms with van der Waals surface area (Å²) in [5.41, 5.74) is 16.9. The molecule has 0 aliphatic rings. The number of fused-ring (bicyclic) bond motifs is 3. The van der Waals surface area contributed by atoms with Gasteiger partial charge in [0.1, 0.15) is 16.9 Å². The van der Waals surface area contributed by atoms with Crippen molar-refractivity contribution in [3.8, 4) is 33.8 Å². The highest BCUT2D eigenvalue weighted by molar-refractivity contribution is 6.30. The molecule has 0 spiro atoms. The Bertz CT molecular complexity index is 3390. The van der Waals surface area contributed by atoms with E-state index < -0.39 is 0 Å². The number of likely N-dealkylation sites (N-methyl/N-ethyl adjacent to an activating group) is 4. The monoisotopic (exact) mass is 1130 g/mol. The summed E-state index contributed by atoms with van der Waals surface area (Å²) in [6.45, 7) is 20.5. The van der Waals surface area contributed by atoms with Crippen LogP contribution in [0.2, 0.25) is 5.02 Å². The number of hydrogen-bond donors (Lipinski definition) is 3. The fourth-order valence-corrected chi connectivity index (χ4v) is 9.91. The molecule has 0 saturated carbocycles. The SMILES string of the molecule is CCCN(CCNC)C(=O)Cc1c(-c2ccc(C)cc2)nc2ccc(C)cn12.CCCN(CCNC)C(=O)Cc1c(-c2ccc(C)cc2)nc2ccc(Cl)cn12.CNCCN(C)C(=O)Cc1c(-c2ccc(C)cc2)nc2ccc(C)cn12. The molecule has 9 aromatic rings. The van der Waals surface area contributed by atoms with Gasteiger partial charge in [0.15, 0.2) is 0 Å². The van der Waals surface area contributed by atoms with Gasteiger partial charge in [0, 0.05) is 94.7 Å². The van der Waals surface area contributed by atoms with Crippen molar-refractivity contribution in [1.29, 1.82) is 0 Å². The van der Waals surface area contributed by atoms with E-state index in [4.69, 9.17) is 26.6 Å². The molecule has 6 aromatic heterocycles. The Labute approximate surface area is 489 Å². The van der Waals surface area contributed by atoms with Gasteiger partial charge in [-0.2, -0.15) is 0 Å². The Kier molecular flexibility index (Phi) is 22.5. The summed E-state index contributed by atoms with van der Waals surface area (Å²) < 4.78 is 6.07. The lowest BCUT2D eigenvalue weighted by molar-refractivity contribution is -0.131. The van der Waals surface area contributed by atoms with Crippen molar-refractivity contribution >= 4 is 46.3 Å². The number of aromatic nitrogens is 6. The summed E-state index contributed by atoms with van der Waals surface area (Å²) in [7, 11) is 7.55. The van der Waals surface area contributed by atoms with Crippen LogP contribution in [0.15, 0.2) is 128 Å². The molecule has 6 heterocycles. The fraction of sp³-hybridized carbons (Fsp3) is 0.364. The number of carbonyl (C=O) groups is 3. The number of nitrogens with zero attached hydrogens (tertiary/aromatic N) is 9. The van der Waals surface area contributed by atoms with Gasteiger partial charge in [-0.1, -0.05) is 127 Å². The molecule has 82 heavy (non-hydrogen) atoms. The van der Waals surface area contributed by atoms with Gasteiger partial charge >= 0.3 is 0 Å². The van der Waals surface area contributed by atoms with Crippen LogP contribution in [0.1, 0.15) is 71.6 Å². The minimum Gasteiger partial charge on any atom is -0.344 e. The number of pyridine rings is 3. The maximum atomic E-state index is 13.1. The van der Waals surface area contributed by atoms with E-state index in [0.717, 1.165) is 131 Å². The molecule has 432 valence electrons. The highest BCUT2D eigenvalue weighted by Gasteiger charge is 2.24. The first-order chi connectivity index (χ1) is 39.5. The van der Waals surface area contributed by atoms with Crippen molar-refractivity contribution in [2.24, 2.45) is 0 Å². The Morgan fingerprint density at radius 1 is 0.427 bits per heavy atom. The van der Waals surface area contributed by atoms with Crippen LogP contribution in [0.25, 0.3) is 50.7 Å². The number of aryl methyl sites for hydroxylation is 5. The van der Waals surface area contributed by atoms with Crippen LogP contribution in [-0.2, 0) is 33.6 Å². The predicted octanol–water partition coefficient (Wildman–Crippen LogP) is 10.4. The minimum atomic E-state index is 0.0944. The van der Waals surface area contributed by atoms with E-state index in [2.05, 4.69) is 160 Å². The maximum Gasteiger partial charge on any atom is 0.228 e. The van der Waals surface area contributed by atoms with Gasteiger partial charge < -0.3 is 43.9 Å². The lowest BCUT2D eigenvalue weighted by Gasteiger charge is -2.22. The van der Waals surface area contributed by atoms with Crippen LogP contribution in [0.4, 0.5) is 0 Å². The molecule has 0 radical (unpaired) electrons. The number of rotatable bonds is 22. The van der Waals surface area contributed by atoms with Crippen molar-refractivity contribution in [3.05, 3.63) is 178 Å². The van der Waals surface area contributed by atoms with Gasteiger partial charge in [-0.05, 0) is 104 Å². The number of nitrogens with one attached hydrogen (secondary N) is 3. The van der Waals surface area contributed by atoms with Crippen LogP contribution < -0.4 is 16.0 Å². The molecule has 0 fully saturated rings. The van der Waals surface area contributed by atoms with Crippen molar-refractivity contribution < 1.29 is 14.4 Å². The highest BCUT2D eigenvalue weighted by atomic mass is 35.5. The predicted molar refractivity (Wildman–Crippen MR) is 335 cm³/mol. The standard InChI is InChI=1S/C23H30N4O.C22H27ClN4O.C21H26N4O/c1-5-13-26(14-12-24-4)22(28)15-20-23(19-9-6-17(2)7-10-19)25-21-11-8-18(3)16-27(20)21;1-4-12-26(13-11-24-3)21(28)14-19-22(17-7-5-16(2)6-8-17)25-20-10-9-18(23)15-27(19)20;1-15-5-8-17(9-6-15)21-18(13-20(26)24(4)12-11-22-3)25-14-16(2)7-10-19(25)23-21/h6-11,16,24H,5,12-15H2,1-4H3;5-10,15,24H,4,11-14H2,1-3H3;5-10,14,22H,11-13H2,1-4H3. The second-order valence-corrected chi connectivity index (χ2v) is 21.6. The Morgan fingerprint density at radius 2 is 0.744 bits per heavy atom. The van der Waals surface area contributed by atoms with Crippen LogP contribution in [0, 0.1) is 34.6 Å². The molecule has 0 unspecified atom stereocenters. The summed E-state index contributed by atoms with van der Waals surface area (Å²) in [6, 6.07) is 36.7. The number of carbonyl (C=O) groups excluding carboxylic acids is 3. The number of imidazole rings is 3. The molecule has 16 heteroatoms. The molecule has 0 aliphatic heterocycles. The van der Waals surface area contributed by atoms with Gasteiger partial charge in [0.05, 0.1) is 58.4 Å². The smallest absolute Gasteiger partial charge is 0.228 e. The lowest BCUT2D eigenvalue weighted by Crippen LogP contribution is -2.37. The first-order valence-electron chi connectivity index (χ1n) is 28.6. The van der Waals surface area contributed by atoms with Gasteiger partial charge in [-0.15, -0.1) is 0 Å². The van der Waals surface area contributed by atoms with Crippen LogP contribution in [0.5, 0.6) is 0 Å². The summed E-state index contributed by atoms with van der Waals surface area (Å²) in [4.78, 5) is 59.1. The van der Waals surface area contributed by atoms with Crippen molar-refractivity contribution in [2.75, 3.05) is 80.5 Å². The Balaban J connectivity index is 0.000000177. The zero-order chi connectivity index (χ0) is 58.9. The molecule has 15 nitrogen and oxygen atoms in total. The van der Waals surface area contributed by atoms with Gasteiger partial charge in [-0.3, -0.25) is 14.4 Å². The Hall–Kier alpha value is -7.69. The topological polar surface area (TPSA) is 149 Å². The average molecular weight is 1130 g/mol. The van der Waals surface area contributed by atoms with E-state index in [1.807, 2.05) is 83.3 Å².